The molecule has 414 valence electrons. The normalized spacial score (nSPS) is 21.3. The number of amides is 6. The topological polar surface area (TPSA) is 410 Å². The van der Waals surface area contributed by atoms with Gasteiger partial charge in [-0.25, -0.2) is 0 Å². The highest BCUT2D eigenvalue weighted by atomic mass is 16.2. The number of hydrogen-bond acceptors (Lipinski definition) is 12. The molecule has 0 unspecified atom stereocenters. The van der Waals surface area contributed by atoms with Gasteiger partial charge in [-0.05, 0) is 101 Å². The van der Waals surface area contributed by atoms with E-state index in [1.807, 2.05) is 24.3 Å². The van der Waals surface area contributed by atoms with E-state index in [9.17, 15) is 43.2 Å². The lowest BCUT2D eigenvalue weighted by atomic mass is 9.83. The number of aromatic nitrogens is 1. The fourth-order valence-electron chi connectivity index (χ4n) is 9.18. The zero-order chi connectivity index (χ0) is 55.6. The number of fused-ring (bicyclic) bond motifs is 1. The van der Waals surface area contributed by atoms with Crippen LogP contribution in [-0.4, -0.2) is 120 Å². The average molecular weight is 1060 g/mol. The Balaban J connectivity index is 1.78. The summed E-state index contributed by atoms with van der Waals surface area (Å²) < 4.78 is 0. The van der Waals surface area contributed by atoms with E-state index in [0.717, 1.165) is 16.5 Å². The molecule has 18 N–H and O–H groups in total. The number of aromatic amines is 1. The van der Waals surface area contributed by atoms with E-state index in [4.69, 9.17) is 34.4 Å². The molecule has 23 nitrogen and oxygen atoms in total. The second-order valence-corrected chi connectivity index (χ2v) is 19.4. The molecule has 1 saturated heterocycles. The quantitative estimate of drug-likeness (QED) is 0.0409. The zero-order valence-corrected chi connectivity index (χ0v) is 43.5. The Labute approximate surface area is 443 Å². The van der Waals surface area contributed by atoms with Crippen molar-refractivity contribution in [1.82, 2.24) is 31.6 Å². The Morgan fingerprint density at radius 2 is 1.36 bits per heavy atom. The Morgan fingerprint density at radius 1 is 0.684 bits per heavy atom. The molecular weight excluding hydrogens is 977 g/mol. The molecule has 0 bridgehead atoms. The van der Waals surface area contributed by atoms with Gasteiger partial charge >= 0.3 is 0 Å². The highest BCUT2D eigenvalue weighted by Gasteiger charge is 2.35. The number of nitrogens with one attached hydrogen (secondary N) is 6. The summed E-state index contributed by atoms with van der Waals surface area (Å²) in [6, 6.07) is 10.2. The van der Waals surface area contributed by atoms with Gasteiger partial charge in [0.05, 0.1) is 6.04 Å². The van der Waals surface area contributed by atoms with Crippen LogP contribution in [0.1, 0.15) is 114 Å². The van der Waals surface area contributed by atoms with Gasteiger partial charge in [-0.3, -0.25) is 53.1 Å². The Morgan fingerprint density at radius 3 is 2.04 bits per heavy atom. The second-order valence-electron chi connectivity index (χ2n) is 19.4. The summed E-state index contributed by atoms with van der Waals surface area (Å²) in [5, 5.41) is 14.5. The molecule has 1 aliphatic rings. The Bertz CT molecular complexity index is 2510. The van der Waals surface area contributed by atoms with Gasteiger partial charge < -0.3 is 66.0 Å². The molecule has 0 saturated carbocycles. The molecule has 2 heterocycles. The molecule has 1 fully saturated rings. The molecule has 4 rings (SSSR count). The minimum Gasteiger partial charge on any atom is -0.370 e. The van der Waals surface area contributed by atoms with Crippen molar-refractivity contribution in [2.24, 2.45) is 56.2 Å². The Kier molecular flexibility index (Phi) is 25.6. The van der Waals surface area contributed by atoms with Gasteiger partial charge in [0, 0.05) is 74.6 Å². The van der Waals surface area contributed by atoms with E-state index < -0.39 is 89.1 Å². The number of para-hydroxylation sites is 1. The minimum atomic E-state index is -1.39. The van der Waals surface area contributed by atoms with Crippen LogP contribution >= 0.6 is 0 Å². The molecule has 23 heteroatoms. The molecule has 0 radical (unpaired) electrons. The van der Waals surface area contributed by atoms with Crippen LogP contribution in [0.25, 0.3) is 10.9 Å². The largest absolute Gasteiger partial charge is 0.370 e. The summed E-state index contributed by atoms with van der Waals surface area (Å²) in [6.07, 6.45) is 3.01. The standard InChI is InChI=1S/C53H78N14O9/c1-32(68)63-41(21-12-26-61-53(58)59)49(74)66-43-23-22-37(69)16-5-7-19-40(47(55)72)64-48(73)35(28-36-31-62-39-18-8-6-17-38(36)39)30-45(70)34(15-11-25-60-52(56)57)29-46(71)44(27-33-13-3-2-4-14-33)67-50(75)42(65-51(43)76)20-9-10-24-54/h2-4,6,8,13-14,17-18,31,34-35,40-44,62H,5,7,9-12,15-16,19-30,54H2,1H3,(H2,55,72)(H,63,68)(H,64,73)(H,65,76)(H,66,74)(H,67,75)(H4,56,57,60)(H4,58,59,61)/t34-,35-,40+,41+,42+,43+,44-/m1/s1. The van der Waals surface area contributed by atoms with Crippen molar-refractivity contribution in [3.05, 3.63) is 71.9 Å². The SMILES string of the molecule is CC(=O)N[C@@H](CCCN=C(N)N)C(=O)N[C@H]1CCC(=O)CCCC[C@@H](C(N)=O)NC(=O)[C@H](Cc2c[nH]c3ccccc23)CC(=O)[C@H](CCCN=C(N)N)CC(=O)[C@@H](Cc2ccccc2)NC(=O)[C@H](CCCCN)NC1=O. The molecule has 0 aliphatic carbocycles. The van der Waals surface area contributed by atoms with Crippen LogP contribution in [0.4, 0.5) is 0 Å². The van der Waals surface area contributed by atoms with Crippen molar-refractivity contribution in [2.45, 2.75) is 146 Å². The maximum absolute atomic E-state index is 14.8. The van der Waals surface area contributed by atoms with Crippen molar-refractivity contribution < 1.29 is 43.2 Å². The second kappa shape index (κ2) is 31.9. The van der Waals surface area contributed by atoms with Crippen molar-refractivity contribution >= 4 is 75.6 Å². The lowest BCUT2D eigenvalue weighted by molar-refractivity contribution is -0.135. The molecule has 7 atom stereocenters. The number of nitrogens with two attached hydrogens (primary N) is 6. The van der Waals surface area contributed by atoms with Crippen LogP contribution in [0, 0.1) is 11.8 Å². The van der Waals surface area contributed by atoms with Crippen LogP contribution in [0.5, 0.6) is 0 Å². The number of carbonyl (C=O) groups is 9. The zero-order valence-electron chi connectivity index (χ0n) is 43.5. The van der Waals surface area contributed by atoms with E-state index >= 15 is 0 Å². The molecule has 6 amide bonds. The highest BCUT2D eigenvalue weighted by Crippen LogP contribution is 2.26. The monoisotopic (exact) mass is 1050 g/mol. The lowest BCUT2D eigenvalue weighted by Crippen LogP contribution is -2.58. The summed E-state index contributed by atoms with van der Waals surface area (Å²) in [5.74, 6) is -7.81. The van der Waals surface area contributed by atoms with Crippen molar-refractivity contribution in [3.8, 4) is 0 Å². The van der Waals surface area contributed by atoms with Gasteiger partial charge in [0.15, 0.2) is 17.7 Å². The lowest BCUT2D eigenvalue weighted by Gasteiger charge is -2.27. The number of ketones is 3. The van der Waals surface area contributed by atoms with Gasteiger partial charge in [-0.1, -0.05) is 55.0 Å². The van der Waals surface area contributed by atoms with Crippen LogP contribution in [0.2, 0.25) is 0 Å². The molecule has 3 aromatic rings. The third-order valence-electron chi connectivity index (χ3n) is 13.3. The van der Waals surface area contributed by atoms with Crippen LogP contribution in [0.3, 0.4) is 0 Å². The van der Waals surface area contributed by atoms with Gasteiger partial charge in [0.1, 0.15) is 35.7 Å². The number of guanidine groups is 2. The molecule has 1 aliphatic heterocycles. The summed E-state index contributed by atoms with van der Waals surface area (Å²) in [5.41, 5.74) is 36.0. The number of Topliss-reactive ketones (excluding diaryl/α,β-unsaturated/α-hetero) is 3. The first-order chi connectivity index (χ1) is 36.3. The number of unbranched alkanes of at least 4 members (excludes halogenated alkanes) is 1. The number of rotatable bonds is 20. The van der Waals surface area contributed by atoms with Crippen molar-refractivity contribution in [2.75, 3.05) is 19.6 Å². The summed E-state index contributed by atoms with van der Waals surface area (Å²) in [6.45, 7) is 1.78. The van der Waals surface area contributed by atoms with Crippen LogP contribution in [-0.2, 0) is 56.0 Å². The Hall–Kier alpha value is -7.69. The fourth-order valence-corrected chi connectivity index (χ4v) is 9.18. The first kappa shape index (κ1) is 60.9. The number of benzene rings is 2. The van der Waals surface area contributed by atoms with E-state index in [2.05, 4.69) is 41.6 Å². The van der Waals surface area contributed by atoms with Gasteiger partial charge in [0.2, 0.25) is 35.4 Å². The van der Waals surface area contributed by atoms with Gasteiger partial charge in [-0.2, -0.15) is 0 Å². The smallest absolute Gasteiger partial charge is 0.243 e. The third kappa shape index (κ3) is 21.3. The van der Waals surface area contributed by atoms with E-state index in [1.54, 1.807) is 36.5 Å². The number of primary amides is 1. The molecule has 0 spiro atoms. The number of aliphatic imine (C=N–C) groups is 2. The van der Waals surface area contributed by atoms with Crippen LogP contribution in [0.15, 0.2) is 70.8 Å². The number of H-pyrrole nitrogens is 1. The third-order valence-corrected chi connectivity index (χ3v) is 13.3. The van der Waals surface area contributed by atoms with E-state index in [-0.39, 0.29) is 134 Å². The van der Waals surface area contributed by atoms with Crippen molar-refractivity contribution in [1.29, 1.82) is 0 Å². The van der Waals surface area contributed by atoms with Gasteiger partial charge in [0.25, 0.3) is 0 Å². The predicted molar refractivity (Wildman–Crippen MR) is 288 cm³/mol. The van der Waals surface area contributed by atoms with Crippen LogP contribution < -0.4 is 61.0 Å². The molecule has 76 heavy (non-hydrogen) atoms. The maximum atomic E-state index is 14.8. The molecule has 1 aromatic heterocycles. The predicted octanol–water partition coefficient (Wildman–Crippen LogP) is 0.193. The number of carbonyl (C=O) groups excluding carboxylic acids is 9. The highest BCUT2D eigenvalue weighted by molar-refractivity contribution is 5.98. The summed E-state index contributed by atoms with van der Waals surface area (Å²) in [4.78, 5) is 137. The first-order valence-electron chi connectivity index (χ1n) is 26.1. The summed E-state index contributed by atoms with van der Waals surface area (Å²) in [7, 11) is 0. The molecular formula is C53H78N14O9. The first-order valence-corrected chi connectivity index (χ1v) is 26.1. The number of nitrogens with zero attached hydrogens (tertiary/aromatic N) is 2. The molecule has 2 aromatic carbocycles. The van der Waals surface area contributed by atoms with Gasteiger partial charge in [-0.15, -0.1) is 0 Å². The number of hydrogen-bond donors (Lipinski definition) is 12. The fraction of sp³-hybridized carbons (Fsp3) is 0.528. The summed E-state index contributed by atoms with van der Waals surface area (Å²) >= 11 is 0. The maximum Gasteiger partial charge on any atom is 0.243 e. The minimum absolute atomic E-state index is 0.00158. The van der Waals surface area contributed by atoms with Crippen molar-refractivity contribution in [3.63, 3.8) is 0 Å². The van der Waals surface area contributed by atoms with E-state index in [1.165, 1.54) is 6.92 Å². The van der Waals surface area contributed by atoms with E-state index in [0.29, 0.717) is 18.4 Å². The average Bonchev–Trinajstić information content (AvgIpc) is 3.78.